The highest BCUT2D eigenvalue weighted by molar-refractivity contribution is 5.94. The zero-order chi connectivity index (χ0) is 17.6. The maximum absolute atomic E-state index is 12.7. The minimum absolute atomic E-state index is 0.0599. The van der Waals surface area contributed by atoms with Crippen molar-refractivity contribution in [3.63, 3.8) is 0 Å². The molecule has 0 spiro atoms. The summed E-state index contributed by atoms with van der Waals surface area (Å²) in [5.41, 5.74) is 0.935. The lowest BCUT2D eigenvalue weighted by atomic mass is 9.95. The second kappa shape index (κ2) is 8.27. The Balaban J connectivity index is 1.46. The highest BCUT2D eigenvalue weighted by atomic mass is 16.3. The van der Waals surface area contributed by atoms with E-state index in [4.69, 9.17) is 0 Å². The number of amides is 1. The molecule has 1 aromatic carbocycles. The number of anilines is 1. The largest absolute Gasteiger partial charge is 0.390 e. The first-order valence-electron chi connectivity index (χ1n) is 8.84. The predicted molar refractivity (Wildman–Crippen MR) is 97.2 cm³/mol. The van der Waals surface area contributed by atoms with Gasteiger partial charge in [0.25, 0.3) is 0 Å². The van der Waals surface area contributed by atoms with Gasteiger partial charge in [-0.25, -0.2) is 0 Å². The number of aromatic nitrogens is 2. The SMILES string of the molecule is CN(C(=O)C1CCN(CC(O)Cn2cccn2)CC1)c1ccccc1. The van der Waals surface area contributed by atoms with E-state index < -0.39 is 6.10 Å². The van der Waals surface area contributed by atoms with Crippen molar-refractivity contribution in [2.24, 2.45) is 5.92 Å². The van der Waals surface area contributed by atoms with Crippen LogP contribution in [0.3, 0.4) is 0 Å². The highest BCUT2D eigenvalue weighted by Crippen LogP contribution is 2.22. The third kappa shape index (κ3) is 4.67. The lowest BCUT2D eigenvalue weighted by Crippen LogP contribution is -2.44. The summed E-state index contributed by atoms with van der Waals surface area (Å²) in [7, 11) is 1.85. The molecule has 1 aromatic heterocycles. The zero-order valence-corrected chi connectivity index (χ0v) is 14.7. The molecule has 1 aliphatic rings. The van der Waals surface area contributed by atoms with E-state index in [1.54, 1.807) is 15.8 Å². The molecule has 1 fully saturated rings. The Bertz CT molecular complexity index is 651. The summed E-state index contributed by atoms with van der Waals surface area (Å²) in [6.45, 7) is 2.81. The summed E-state index contributed by atoms with van der Waals surface area (Å²) in [6, 6.07) is 11.6. The molecule has 0 saturated carbocycles. The summed E-state index contributed by atoms with van der Waals surface area (Å²) in [6.07, 6.45) is 4.80. The molecule has 2 aromatic rings. The van der Waals surface area contributed by atoms with Gasteiger partial charge in [0.1, 0.15) is 0 Å². The van der Waals surface area contributed by atoms with Gasteiger partial charge in [0, 0.05) is 37.6 Å². The van der Waals surface area contributed by atoms with Crippen LogP contribution in [0, 0.1) is 5.92 Å². The van der Waals surface area contributed by atoms with Crippen molar-refractivity contribution in [2.75, 3.05) is 31.6 Å². The number of hydrogen-bond donors (Lipinski definition) is 1. The fourth-order valence-electron chi connectivity index (χ4n) is 3.40. The molecule has 1 aliphatic heterocycles. The number of para-hydroxylation sites is 1. The van der Waals surface area contributed by atoms with Gasteiger partial charge in [-0.15, -0.1) is 0 Å². The maximum Gasteiger partial charge on any atom is 0.229 e. The van der Waals surface area contributed by atoms with Crippen LogP contribution >= 0.6 is 0 Å². The first-order valence-corrected chi connectivity index (χ1v) is 8.84. The molecular weight excluding hydrogens is 316 g/mol. The number of carbonyl (C=O) groups is 1. The first kappa shape index (κ1) is 17.6. The average molecular weight is 342 g/mol. The number of hydrogen-bond acceptors (Lipinski definition) is 4. The van der Waals surface area contributed by atoms with Gasteiger partial charge in [-0.3, -0.25) is 9.48 Å². The Morgan fingerprint density at radius 2 is 1.96 bits per heavy atom. The van der Waals surface area contributed by atoms with E-state index in [0.717, 1.165) is 31.6 Å². The third-order valence-electron chi connectivity index (χ3n) is 4.84. The maximum atomic E-state index is 12.7. The fraction of sp³-hybridized carbons (Fsp3) is 0.474. The fourth-order valence-corrected chi connectivity index (χ4v) is 3.40. The van der Waals surface area contributed by atoms with Gasteiger partial charge in [-0.2, -0.15) is 5.10 Å². The van der Waals surface area contributed by atoms with Gasteiger partial charge in [-0.05, 0) is 44.1 Å². The number of nitrogens with zero attached hydrogens (tertiary/aromatic N) is 4. The van der Waals surface area contributed by atoms with Gasteiger partial charge in [0.15, 0.2) is 0 Å². The van der Waals surface area contributed by atoms with E-state index in [1.165, 1.54) is 0 Å². The van der Waals surface area contributed by atoms with Crippen LogP contribution in [0.25, 0.3) is 0 Å². The standard InChI is InChI=1S/C19H26N4O2/c1-21(17-6-3-2-4-7-17)19(25)16-8-12-22(13-9-16)14-18(24)15-23-11-5-10-20-23/h2-7,10-11,16,18,24H,8-9,12-15H2,1H3. The first-order chi connectivity index (χ1) is 12.1. The molecule has 1 saturated heterocycles. The number of likely N-dealkylation sites (tertiary alicyclic amines) is 1. The molecule has 2 heterocycles. The van der Waals surface area contributed by atoms with Crippen LogP contribution in [0.1, 0.15) is 12.8 Å². The van der Waals surface area contributed by atoms with Crippen LogP contribution in [0.15, 0.2) is 48.8 Å². The number of aliphatic hydroxyl groups excluding tert-OH is 1. The summed E-state index contributed by atoms with van der Waals surface area (Å²) in [4.78, 5) is 16.7. The Labute approximate surface area is 148 Å². The van der Waals surface area contributed by atoms with Crippen LogP contribution in [0.4, 0.5) is 5.69 Å². The normalized spacial score (nSPS) is 17.4. The van der Waals surface area contributed by atoms with Crippen molar-refractivity contribution in [3.8, 4) is 0 Å². The number of piperidine rings is 1. The molecule has 6 heteroatoms. The van der Waals surface area contributed by atoms with E-state index >= 15 is 0 Å². The van der Waals surface area contributed by atoms with Crippen LogP contribution < -0.4 is 4.90 Å². The Kier molecular flexibility index (Phi) is 5.83. The molecule has 0 bridgehead atoms. The van der Waals surface area contributed by atoms with Gasteiger partial charge < -0.3 is 14.9 Å². The minimum Gasteiger partial charge on any atom is -0.390 e. The summed E-state index contributed by atoms with van der Waals surface area (Å²) >= 11 is 0. The molecular formula is C19H26N4O2. The average Bonchev–Trinajstić information content (AvgIpc) is 3.14. The molecule has 134 valence electrons. The van der Waals surface area contributed by atoms with Gasteiger partial charge in [0.05, 0.1) is 12.6 Å². The molecule has 3 rings (SSSR count). The second-order valence-electron chi connectivity index (χ2n) is 6.69. The van der Waals surface area contributed by atoms with Crippen LogP contribution in [-0.4, -0.2) is 58.5 Å². The van der Waals surface area contributed by atoms with Crippen LogP contribution in [-0.2, 0) is 11.3 Å². The van der Waals surface area contributed by atoms with E-state index in [-0.39, 0.29) is 11.8 Å². The van der Waals surface area contributed by atoms with Crippen molar-refractivity contribution in [1.29, 1.82) is 0 Å². The van der Waals surface area contributed by atoms with Gasteiger partial charge in [-0.1, -0.05) is 18.2 Å². The molecule has 1 atom stereocenters. The minimum atomic E-state index is -0.445. The predicted octanol–water partition coefficient (Wildman–Crippen LogP) is 1.62. The van der Waals surface area contributed by atoms with E-state index in [2.05, 4.69) is 10.00 Å². The number of β-amino-alcohol motifs (C(OH)–C–C–N with tert-alkyl or cyclic N) is 1. The molecule has 1 unspecified atom stereocenters. The summed E-state index contributed by atoms with van der Waals surface area (Å²) < 4.78 is 1.75. The Morgan fingerprint density at radius 3 is 2.60 bits per heavy atom. The van der Waals surface area contributed by atoms with Crippen molar-refractivity contribution < 1.29 is 9.90 Å². The topological polar surface area (TPSA) is 61.6 Å². The van der Waals surface area contributed by atoms with E-state index in [1.807, 2.05) is 49.6 Å². The Hall–Kier alpha value is -2.18. The van der Waals surface area contributed by atoms with Crippen LogP contribution in [0.5, 0.6) is 0 Å². The molecule has 25 heavy (non-hydrogen) atoms. The smallest absolute Gasteiger partial charge is 0.229 e. The quantitative estimate of drug-likeness (QED) is 0.867. The van der Waals surface area contributed by atoms with Crippen molar-refractivity contribution in [2.45, 2.75) is 25.5 Å². The lowest BCUT2D eigenvalue weighted by Gasteiger charge is -2.34. The highest BCUT2D eigenvalue weighted by Gasteiger charge is 2.28. The van der Waals surface area contributed by atoms with Crippen molar-refractivity contribution in [3.05, 3.63) is 48.8 Å². The van der Waals surface area contributed by atoms with Crippen molar-refractivity contribution in [1.82, 2.24) is 14.7 Å². The molecule has 0 radical (unpaired) electrons. The van der Waals surface area contributed by atoms with Crippen molar-refractivity contribution >= 4 is 11.6 Å². The number of benzene rings is 1. The molecule has 1 N–H and O–H groups in total. The summed E-state index contributed by atoms with van der Waals surface area (Å²) in [5.74, 6) is 0.243. The lowest BCUT2D eigenvalue weighted by molar-refractivity contribution is -0.123. The monoisotopic (exact) mass is 342 g/mol. The van der Waals surface area contributed by atoms with Gasteiger partial charge >= 0.3 is 0 Å². The molecule has 0 aliphatic carbocycles. The summed E-state index contributed by atoms with van der Waals surface area (Å²) in [5, 5.41) is 14.3. The number of carbonyl (C=O) groups excluding carboxylic acids is 1. The Morgan fingerprint density at radius 1 is 1.24 bits per heavy atom. The van der Waals surface area contributed by atoms with Crippen LogP contribution in [0.2, 0.25) is 0 Å². The van der Waals surface area contributed by atoms with Gasteiger partial charge in [0.2, 0.25) is 5.91 Å². The zero-order valence-electron chi connectivity index (χ0n) is 14.7. The number of aliphatic hydroxyl groups is 1. The number of rotatable bonds is 6. The second-order valence-corrected chi connectivity index (χ2v) is 6.69. The van der Waals surface area contributed by atoms with E-state index in [0.29, 0.717) is 13.1 Å². The molecule has 1 amide bonds. The van der Waals surface area contributed by atoms with E-state index in [9.17, 15) is 9.90 Å². The molecule has 6 nitrogen and oxygen atoms in total. The third-order valence-corrected chi connectivity index (χ3v) is 4.84.